The standard InChI is InChI=1S/C12H17N/c1-8-4-5-11-10(6-8)7-9(2)12(11)13-3/h4-6,9,12-13H,7H2,1-3H3. The summed E-state index contributed by atoms with van der Waals surface area (Å²) >= 11 is 0. The average Bonchev–Trinajstić information content (AvgIpc) is 2.39. The molecule has 70 valence electrons. The van der Waals surface area contributed by atoms with Crippen LogP contribution in [0.3, 0.4) is 0 Å². The molecule has 0 saturated carbocycles. The molecule has 1 aromatic rings. The predicted molar refractivity (Wildman–Crippen MR) is 55.8 cm³/mol. The summed E-state index contributed by atoms with van der Waals surface area (Å²) in [6, 6.07) is 7.37. The summed E-state index contributed by atoms with van der Waals surface area (Å²) in [6.07, 6.45) is 1.22. The van der Waals surface area contributed by atoms with Crippen molar-refractivity contribution in [1.29, 1.82) is 0 Å². The second-order valence-electron chi connectivity index (χ2n) is 4.15. The Morgan fingerprint density at radius 1 is 1.38 bits per heavy atom. The normalized spacial score (nSPS) is 26.1. The molecule has 0 radical (unpaired) electrons. The first-order valence-corrected chi connectivity index (χ1v) is 4.99. The van der Waals surface area contributed by atoms with Crippen molar-refractivity contribution in [3.63, 3.8) is 0 Å². The van der Waals surface area contributed by atoms with Gasteiger partial charge in [0, 0.05) is 6.04 Å². The predicted octanol–water partition coefficient (Wildman–Crippen LogP) is 2.45. The SMILES string of the molecule is CNC1c2ccc(C)cc2CC1C. The largest absolute Gasteiger partial charge is 0.313 e. The Balaban J connectivity index is 2.42. The van der Waals surface area contributed by atoms with Crippen LogP contribution < -0.4 is 5.32 Å². The van der Waals surface area contributed by atoms with Crippen LogP contribution in [0.2, 0.25) is 0 Å². The van der Waals surface area contributed by atoms with Gasteiger partial charge in [0.05, 0.1) is 0 Å². The molecule has 1 nitrogen and oxygen atoms in total. The summed E-state index contributed by atoms with van der Waals surface area (Å²) in [5, 5.41) is 3.39. The van der Waals surface area contributed by atoms with Gasteiger partial charge in [-0.2, -0.15) is 0 Å². The minimum atomic E-state index is 0.565. The van der Waals surface area contributed by atoms with Crippen molar-refractivity contribution < 1.29 is 0 Å². The smallest absolute Gasteiger partial charge is 0.0349 e. The second kappa shape index (κ2) is 3.15. The van der Waals surface area contributed by atoms with Crippen molar-refractivity contribution in [2.45, 2.75) is 26.3 Å². The van der Waals surface area contributed by atoms with Crippen molar-refractivity contribution in [2.24, 2.45) is 5.92 Å². The van der Waals surface area contributed by atoms with Crippen LogP contribution in [0.25, 0.3) is 0 Å². The molecule has 1 aliphatic rings. The lowest BCUT2D eigenvalue weighted by Gasteiger charge is -2.15. The van der Waals surface area contributed by atoms with Gasteiger partial charge in [-0.1, -0.05) is 30.7 Å². The van der Waals surface area contributed by atoms with Gasteiger partial charge in [0.1, 0.15) is 0 Å². The Hall–Kier alpha value is -0.820. The highest BCUT2D eigenvalue weighted by atomic mass is 14.9. The van der Waals surface area contributed by atoms with Crippen LogP contribution in [-0.2, 0) is 6.42 Å². The highest BCUT2D eigenvalue weighted by Gasteiger charge is 2.27. The van der Waals surface area contributed by atoms with Crippen LogP contribution in [0, 0.1) is 12.8 Å². The van der Waals surface area contributed by atoms with Gasteiger partial charge in [0.2, 0.25) is 0 Å². The molecule has 2 unspecified atom stereocenters. The number of fused-ring (bicyclic) bond motifs is 1. The third kappa shape index (κ3) is 1.37. The van der Waals surface area contributed by atoms with Gasteiger partial charge in [0.25, 0.3) is 0 Å². The van der Waals surface area contributed by atoms with Gasteiger partial charge in [-0.25, -0.2) is 0 Å². The summed E-state index contributed by atoms with van der Waals surface area (Å²) in [7, 11) is 2.05. The van der Waals surface area contributed by atoms with Crippen LogP contribution >= 0.6 is 0 Å². The molecule has 1 aromatic carbocycles. The first-order chi connectivity index (χ1) is 6.22. The van der Waals surface area contributed by atoms with Crippen molar-refractivity contribution in [2.75, 3.05) is 7.05 Å². The van der Waals surface area contributed by atoms with E-state index in [0.29, 0.717) is 6.04 Å². The van der Waals surface area contributed by atoms with E-state index in [-0.39, 0.29) is 0 Å². The molecule has 13 heavy (non-hydrogen) atoms. The lowest BCUT2D eigenvalue weighted by atomic mass is 10.0. The highest BCUT2D eigenvalue weighted by Crippen LogP contribution is 2.35. The minimum Gasteiger partial charge on any atom is -0.313 e. The van der Waals surface area contributed by atoms with Gasteiger partial charge in [-0.15, -0.1) is 0 Å². The minimum absolute atomic E-state index is 0.565. The molecule has 0 aliphatic heterocycles. The van der Waals surface area contributed by atoms with Crippen molar-refractivity contribution in [3.8, 4) is 0 Å². The molecular formula is C12H17N. The zero-order valence-electron chi connectivity index (χ0n) is 8.59. The summed E-state index contributed by atoms with van der Waals surface area (Å²) in [5.41, 5.74) is 4.41. The Morgan fingerprint density at radius 2 is 2.15 bits per heavy atom. The maximum Gasteiger partial charge on any atom is 0.0349 e. The van der Waals surface area contributed by atoms with E-state index in [2.05, 4.69) is 44.4 Å². The number of hydrogen-bond acceptors (Lipinski definition) is 1. The van der Waals surface area contributed by atoms with E-state index in [1.54, 1.807) is 0 Å². The van der Waals surface area contributed by atoms with E-state index < -0.39 is 0 Å². The monoisotopic (exact) mass is 175 g/mol. The second-order valence-corrected chi connectivity index (χ2v) is 4.15. The molecule has 0 spiro atoms. The molecule has 0 bridgehead atoms. The average molecular weight is 175 g/mol. The molecule has 1 aliphatic carbocycles. The fourth-order valence-electron chi connectivity index (χ4n) is 2.43. The molecule has 0 saturated heterocycles. The van der Waals surface area contributed by atoms with Gasteiger partial charge in [0.15, 0.2) is 0 Å². The van der Waals surface area contributed by atoms with Crippen LogP contribution in [0.5, 0.6) is 0 Å². The Kier molecular flexibility index (Phi) is 2.12. The molecule has 1 heteroatoms. The van der Waals surface area contributed by atoms with Crippen molar-refractivity contribution in [1.82, 2.24) is 5.32 Å². The number of nitrogens with one attached hydrogen (secondary N) is 1. The van der Waals surface area contributed by atoms with Crippen molar-refractivity contribution >= 4 is 0 Å². The van der Waals surface area contributed by atoms with E-state index in [1.807, 2.05) is 0 Å². The fraction of sp³-hybridized carbons (Fsp3) is 0.500. The lowest BCUT2D eigenvalue weighted by molar-refractivity contribution is 0.447. The fourth-order valence-corrected chi connectivity index (χ4v) is 2.43. The summed E-state index contributed by atoms with van der Waals surface area (Å²) in [6.45, 7) is 4.48. The highest BCUT2D eigenvalue weighted by molar-refractivity contribution is 5.38. The maximum absolute atomic E-state index is 3.39. The van der Waals surface area contributed by atoms with Gasteiger partial charge < -0.3 is 5.32 Å². The molecule has 0 heterocycles. The van der Waals surface area contributed by atoms with Crippen molar-refractivity contribution in [3.05, 3.63) is 34.9 Å². The number of benzene rings is 1. The molecule has 2 atom stereocenters. The van der Waals surface area contributed by atoms with Crippen LogP contribution in [0.1, 0.15) is 29.7 Å². The van der Waals surface area contributed by atoms with Gasteiger partial charge in [-0.3, -0.25) is 0 Å². The van der Waals surface area contributed by atoms with Gasteiger partial charge >= 0.3 is 0 Å². The van der Waals surface area contributed by atoms with E-state index in [4.69, 9.17) is 0 Å². The molecule has 2 rings (SSSR count). The first-order valence-electron chi connectivity index (χ1n) is 4.99. The molecule has 0 fully saturated rings. The van der Waals surface area contributed by atoms with Gasteiger partial charge in [-0.05, 0) is 37.4 Å². The van der Waals surface area contributed by atoms with E-state index in [1.165, 1.54) is 23.1 Å². The summed E-state index contributed by atoms with van der Waals surface area (Å²) < 4.78 is 0. The molecular weight excluding hydrogens is 158 g/mol. The molecule has 0 aromatic heterocycles. The third-order valence-corrected chi connectivity index (χ3v) is 3.06. The Labute approximate surface area is 80.2 Å². The summed E-state index contributed by atoms with van der Waals surface area (Å²) in [4.78, 5) is 0. The first kappa shape index (κ1) is 8.76. The quantitative estimate of drug-likeness (QED) is 0.691. The zero-order valence-corrected chi connectivity index (χ0v) is 8.59. The number of aryl methyl sites for hydroxylation is 1. The third-order valence-electron chi connectivity index (χ3n) is 3.06. The van der Waals surface area contributed by atoms with Crippen LogP contribution in [-0.4, -0.2) is 7.05 Å². The lowest BCUT2D eigenvalue weighted by Crippen LogP contribution is -2.19. The Morgan fingerprint density at radius 3 is 2.85 bits per heavy atom. The van der Waals surface area contributed by atoms with Crippen LogP contribution in [0.4, 0.5) is 0 Å². The molecule has 0 amide bonds. The summed E-state index contributed by atoms with van der Waals surface area (Å²) in [5.74, 6) is 0.738. The van der Waals surface area contributed by atoms with E-state index in [0.717, 1.165) is 5.92 Å². The van der Waals surface area contributed by atoms with Crippen LogP contribution in [0.15, 0.2) is 18.2 Å². The molecule has 1 N–H and O–H groups in total. The van der Waals surface area contributed by atoms with E-state index >= 15 is 0 Å². The number of rotatable bonds is 1. The van der Waals surface area contributed by atoms with E-state index in [9.17, 15) is 0 Å². The number of hydrogen-bond donors (Lipinski definition) is 1. The Bertz CT molecular complexity index is 317. The maximum atomic E-state index is 3.39. The topological polar surface area (TPSA) is 12.0 Å². The zero-order chi connectivity index (χ0) is 9.42.